The molecule has 0 aliphatic heterocycles. The molecule has 0 spiro atoms. The number of carbonyl (C=O) groups is 2. The summed E-state index contributed by atoms with van der Waals surface area (Å²) in [7, 11) is -1.27. The van der Waals surface area contributed by atoms with Gasteiger partial charge in [0, 0.05) is 46.9 Å². The largest absolute Gasteiger partial charge is 0.321 e. The first kappa shape index (κ1) is 31.3. The highest BCUT2D eigenvalue weighted by molar-refractivity contribution is 7.94. The molecule has 0 saturated heterocycles. The van der Waals surface area contributed by atoms with Gasteiger partial charge in [0.15, 0.2) is 0 Å². The highest BCUT2D eigenvalue weighted by atomic mass is 32.2. The molecule has 1 N–H and O–H groups in total. The quantitative estimate of drug-likeness (QED) is 0.253. The van der Waals surface area contributed by atoms with Crippen LogP contribution in [0.4, 0.5) is 5.69 Å². The number of benzene rings is 2. The molecule has 4 rings (SSSR count). The van der Waals surface area contributed by atoms with E-state index in [1.165, 1.54) is 10.9 Å². The van der Waals surface area contributed by atoms with Crippen LogP contribution in [0.1, 0.15) is 57.9 Å². The van der Waals surface area contributed by atoms with Gasteiger partial charge in [-0.15, -0.1) is 0 Å². The third-order valence-corrected chi connectivity index (χ3v) is 9.13. The number of aryl methyl sites for hydroxylation is 2. The molecular weight excluding hydrogens is 560 g/mol. The van der Waals surface area contributed by atoms with E-state index in [1.807, 2.05) is 19.1 Å². The van der Waals surface area contributed by atoms with E-state index in [9.17, 15) is 13.8 Å². The van der Waals surface area contributed by atoms with Crippen LogP contribution < -0.4 is 5.32 Å². The summed E-state index contributed by atoms with van der Waals surface area (Å²) < 4.78 is 19.9. The number of anilines is 1. The van der Waals surface area contributed by atoms with Crippen molar-refractivity contribution >= 4 is 27.2 Å². The van der Waals surface area contributed by atoms with Gasteiger partial charge in [0.05, 0.1) is 21.0 Å². The molecule has 222 valence electrons. The van der Waals surface area contributed by atoms with Crippen LogP contribution >= 0.6 is 0 Å². The van der Waals surface area contributed by atoms with Crippen LogP contribution in [0.3, 0.4) is 0 Å². The number of nitrogens with one attached hydrogen (secondary N) is 1. The van der Waals surface area contributed by atoms with Crippen molar-refractivity contribution in [1.82, 2.24) is 19.7 Å². The minimum atomic E-state index is -2.99. The highest BCUT2D eigenvalue weighted by Gasteiger charge is 2.17. The first-order chi connectivity index (χ1) is 20.7. The highest BCUT2D eigenvalue weighted by Crippen LogP contribution is 2.18. The summed E-state index contributed by atoms with van der Waals surface area (Å²) in [6.07, 6.45) is 3.62. The number of pyridine rings is 1. The third kappa shape index (κ3) is 8.47. The monoisotopic (exact) mass is 596 g/mol. The Kier molecular flexibility index (Phi) is 10.6. The van der Waals surface area contributed by atoms with Crippen molar-refractivity contribution in [1.29, 1.82) is 0 Å². The molecule has 9 nitrogen and oxygen atoms in total. The van der Waals surface area contributed by atoms with Gasteiger partial charge in [-0.3, -0.25) is 19.3 Å². The predicted molar refractivity (Wildman–Crippen MR) is 169 cm³/mol. The molecule has 0 radical (unpaired) electrons. The predicted octanol–water partition coefficient (Wildman–Crippen LogP) is 5.17. The number of hydrogen-bond acceptors (Lipinski definition) is 6. The smallest absolute Gasteiger partial charge is 0.286 e. The zero-order valence-electron chi connectivity index (χ0n) is 24.9. The fraction of sp³-hybridized carbons (Fsp3) is 0.273. The Bertz CT molecular complexity index is 1770. The Balaban J connectivity index is 1.53. The van der Waals surface area contributed by atoms with Gasteiger partial charge in [-0.1, -0.05) is 50.0 Å². The van der Waals surface area contributed by atoms with Crippen molar-refractivity contribution in [2.45, 2.75) is 32.1 Å². The zero-order chi connectivity index (χ0) is 30.8. The number of hydrogen-bond donors (Lipinski definition) is 1. The number of aromatic nitrogens is 3. The second-order valence-electron chi connectivity index (χ2n) is 9.98. The van der Waals surface area contributed by atoms with Gasteiger partial charge in [0.2, 0.25) is 0 Å². The van der Waals surface area contributed by atoms with Crippen LogP contribution in [0, 0.1) is 18.8 Å². The minimum absolute atomic E-state index is 0.215. The lowest BCUT2D eigenvalue weighted by atomic mass is 10.1. The minimum Gasteiger partial charge on any atom is -0.321 e. The van der Waals surface area contributed by atoms with Gasteiger partial charge < -0.3 is 10.2 Å². The van der Waals surface area contributed by atoms with E-state index < -0.39 is 15.6 Å². The fourth-order valence-corrected chi connectivity index (χ4v) is 6.43. The SMILES string of the molecule is CCN(CC)CCC[S@@](=O)(=NC(=O)c1cncc(C#Cc2cccc(NC(=O)c3cc(C)nn3C)c2)c1)c1ccccc1. The summed E-state index contributed by atoms with van der Waals surface area (Å²) in [5.74, 6) is 5.49. The van der Waals surface area contributed by atoms with Crippen molar-refractivity contribution in [3.8, 4) is 11.8 Å². The molecule has 2 aromatic carbocycles. The molecule has 1 atom stereocenters. The normalized spacial score (nSPS) is 12.2. The molecule has 0 aliphatic rings. The summed E-state index contributed by atoms with van der Waals surface area (Å²) in [6, 6.07) is 19.4. The van der Waals surface area contributed by atoms with Crippen LogP contribution in [-0.4, -0.2) is 61.1 Å². The van der Waals surface area contributed by atoms with Gasteiger partial charge >= 0.3 is 0 Å². The Morgan fingerprint density at radius 1 is 0.977 bits per heavy atom. The summed E-state index contributed by atoms with van der Waals surface area (Å²) in [5, 5.41) is 7.08. The van der Waals surface area contributed by atoms with Crippen molar-refractivity contribution in [3.05, 3.63) is 107 Å². The van der Waals surface area contributed by atoms with Gasteiger partial charge in [0.25, 0.3) is 11.8 Å². The molecule has 0 aliphatic carbocycles. The van der Waals surface area contributed by atoms with E-state index >= 15 is 0 Å². The molecule has 2 aromatic heterocycles. The first-order valence-electron chi connectivity index (χ1n) is 14.2. The number of nitrogens with zero attached hydrogens (tertiary/aromatic N) is 5. The molecule has 0 bridgehead atoms. The van der Waals surface area contributed by atoms with Gasteiger partial charge in [-0.05, 0) is 75.4 Å². The van der Waals surface area contributed by atoms with Crippen LogP contribution in [0.5, 0.6) is 0 Å². The summed E-state index contributed by atoms with van der Waals surface area (Å²) in [6.45, 7) is 8.60. The standard InChI is InChI=1S/C33H36N6O3S/c1-5-39(6-2)18-11-19-43(42,30-14-8-7-9-15-30)37-32(40)28-21-27(23-34-24-28)17-16-26-12-10-13-29(22-26)35-33(41)31-20-25(3)36-38(31)4/h7-10,12-15,20-24H,5-6,11,18-19H2,1-4H3,(H,35,41)/t43-/m0/s1. The lowest BCUT2D eigenvalue weighted by molar-refractivity contribution is 0.0999. The van der Waals surface area contributed by atoms with E-state index in [1.54, 1.807) is 67.8 Å². The second kappa shape index (κ2) is 14.5. The third-order valence-electron chi connectivity index (χ3n) is 6.82. The number of carbonyl (C=O) groups excluding carboxylic acids is 2. The molecule has 43 heavy (non-hydrogen) atoms. The summed E-state index contributed by atoms with van der Waals surface area (Å²) in [4.78, 5) is 32.9. The maximum Gasteiger partial charge on any atom is 0.286 e. The van der Waals surface area contributed by atoms with Crippen LogP contribution in [0.25, 0.3) is 0 Å². The average Bonchev–Trinajstić information content (AvgIpc) is 3.36. The van der Waals surface area contributed by atoms with Gasteiger partial charge in [-0.2, -0.15) is 9.46 Å². The molecule has 10 heteroatoms. The molecular formula is C33H36N6O3S. The zero-order valence-corrected chi connectivity index (χ0v) is 25.7. The van der Waals surface area contributed by atoms with Crippen molar-refractivity contribution < 1.29 is 13.8 Å². The molecule has 2 amide bonds. The Morgan fingerprint density at radius 3 is 2.42 bits per heavy atom. The first-order valence-corrected chi connectivity index (χ1v) is 15.8. The van der Waals surface area contributed by atoms with Crippen molar-refractivity contribution in [2.24, 2.45) is 11.4 Å². The van der Waals surface area contributed by atoms with Crippen molar-refractivity contribution in [2.75, 3.05) is 30.7 Å². The molecule has 0 fully saturated rings. The van der Waals surface area contributed by atoms with E-state index in [2.05, 4.69) is 50.4 Å². The maximum atomic E-state index is 14.1. The lowest BCUT2D eigenvalue weighted by Gasteiger charge is -2.18. The van der Waals surface area contributed by atoms with Crippen LogP contribution in [0.2, 0.25) is 0 Å². The van der Waals surface area contributed by atoms with E-state index in [-0.39, 0.29) is 17.2 Å². The summed E-state index contributed by atoms with van der Waals surface area (Å²) in [5.41, 5.74) is 3.19. The van der Waals surface area contributed by atoms with E-state index in [0.29, 0.717) is 33.8 Å². The number of rotatable bonds is 10. The fourth-order valence-electron chi connectivity index (χ4n) is 4.52. The number of amides is 2. The van der Waals surface area contributed by atoms with Crippen LogP contribution in [0.15, 0.2) is 88.4 Å². The van der Waals surface area contributed by atoms with Crippen LogP contribution in [-0.2, 0) is 16.8 Å². The maximum absolute atomic E-state index is 14.1. The topological polar surface area (TPSA) is 110 Å². The molecule has 4 aromatic rings. The Hall–Kier alpha value is -4.59. The lowest BCUT2D eigenvalue weighted by Crippen LogP contribution is -2.25. The van der Waals surface area contributed by atoms with Gasteiger partial charge in [0.1, 0.15) is 5.69 Å². The van der Waals surface area contributed by atoms with Crippen molar-refractivity contribution in [3.63, 3.8) is 0 Å². The Labute approximate surface area is 253 Å². The van der Waals surface area contributed by atoms with E-state index in [0.717, 1.165) is 25.3 Å². The summed E-state index contributed by atoms with van der Waals surface area (Å²) >= 11 is 0. The van der Waals surface area contributed by atoms with E-state index in [4.69, 9.17) is 0 Å². The molecule has 0 unspecified atom stereocenters. The molecule has 2 heterocycles. The second-order valence-corrected chi connectivity index (χ2v) is 12.3. The average molecular weight is 597 g/mol. The van der Waals surface area contributed by atoms with Gasteiger partial charge in [-0.25, -0.2) is 4.21 Å². The molecule has 0 saturated carbocycles. The Morgan fingerprint density at radius 2 is 1.72 bits per heavy atom.